The van der Waals surface area contributed by atoms with E-state index in [9.17, 15) is 0 Å². The van der Waals surface area contributed by atoms with Crippen LogP contribution in [0.5, 0.6) is 0 Å². The van der Waals surface area contributed by atoms with Gasteiger partial charge in [-0.15, -0.1) is 11.3 Å². The summed E-state index contributed by atoms with van der Waals surface area (Å²) >= 11 is 1.47. The molecule has 1 saturated carbocycles. The van der Waals surface area contributed by atoms with E-state index in [-0.39, 0.29) is 0 Å². The van der Waals surface area contributed by atoms with Crippen LogP contribution in [-0.4, -0.2) is 12.0 Å². The Morgan fingerprint density at radius 3 is 2.74 bits per heavy atom. The molecule has 0 spiro atoms. The number of rotatable bonds is 3. The van der Waals surface area contributed by atoms with Crippen LogP contribution in [0.25, 0.3) is 0 Å². The maximum Gasteiger partial charge on any atom is 0.189 e. The van der Waals surface area contributed by atoms with Gasteiger partial charge in [0.15, 0.2) is 5.96 Å². The summed E-state index contributed by atoms with van der Waals surface area (Å²) in [6, 6.07) is 6.37. The van der Waals surface area contributed by atoms with Crippen molar-refractivity contribution in [3.8, 4) is 6.07 Å². The Kier molecular flexibility index (Phi) is 5.22. The van der Waals surface area contributed by atoms with Crippen molar-refractivity contribution in [2.24, 2.45) is 10.7 Å². The summed E-state index contributed by atoms with van der Waals surface area (Å²) in [5.41, 5.74) is 5.92. The Bertz CT molecular complexity index is 464. The summed E-state index contributed by atoms with van der Waals surface area (Å²) in [6.07, 6.45) is 7.60. The third-order valence-electron chi connectivity index (χ3n) is 3.38. The lowest BCUT2D eigenvalue weighted by atomic mass is 10.1. The lowest BCUT2D eigenvalue weighted by Gasteiger charge is -2.16. The first-order chi connectivity index (χ1) is 9.28. The van der Waals surface area contributed by atoms with Gasteiger partial charge in [0.1, 0.15) is 10.9 Å². The van der Waals surface area contributed by atoms with Crippen LogP contribution in [0, 0.1) is 11.3 Å². The molecular weight excluding hydrogens is 256 g/mol. The van der Waals surface area contributed by atoms with Gasteiger partial charge in [0, 0.05) is 10.9 Å². The molecule has 1 fully saturated rings. The number of nitrogens with one attached hydrogen (secondary N) is 1. The SMILES string of the molecule is N#Cc1ccc(CN=C(N)NC2CCCCCC2)s1. The van der Waals surface area contributed by atoms with Crippen LogP contribution in [0.15, 0.2) is 17.1 Å². The Hall–Kier alpha value is -1.54. The largest absolute Gasteiger partial charge is 0.370 e. The van der Waals surface area contributed by atoms with Gasteiger partial charge in [-0.1, -0.05) is 25.7 Å². The molecule has 1 aromatic rings. The van der Waals surface area contributed by atoms with E-state index in [2.05, 4.69) is 16.4 Å². The Labute approximate surface area is 118 Å². The third-order valence-corrected chi connectivity index (χ3v) is 4.36. The van der Waals surface area contributed by atoms with Gasteiger partial charge in [0.05, 0.1) is 6.54 Å². The van der Waals surface area contributed by atoms with Crippen LogP contribution < -0.4 is 11.1 Å². The number of nitriles is 1. The van der Waals surface area contributed by atoms with Crippen LogP contribution in [0.3, 0.4) is 0 Å². The Balaban J connectivity index is 1.83. The van der Waals surface area contributed by atoms with Crippen molar-refractivity contribution in [3.05, 3.63) is 21.9 Å². The normalized spacial score (nSPS) is 17.7. The summed E-state index contributed by atoms with van der Waals surface area (Å²) in [5.74, 6) is 0.527. The van der Waals surface area contributed by atoms with Crippen molar-refractivity contribution >= 4 is 17.3 Å². The van der Waals surface area contributed by atoms with E-state index in [1.807, 2.05) is 12.1 Å². The van der Waals surface area contributed by atoms with Crippen molar-refractivity contribution in [1.29, 1.82) is 5.26 Å². The van der Waals surface area contributed by atoms with Crippen LogP contribution in [0.4, 0.5) is 0 Å². The monoisotopic (exact) mass is 276 g/mol. The summed E-state index contributed by atoms with van der Waals surface area (Å²) < 4.78 is 0. The first kappa shape index (κ1) is 13.9. The van der Waals surface area contributed by atoms with Gasteiger partial charge in [-0.2, -0.15) is 5.26 Å². The fourth-order valence-corrected chi connectivity index (χ4v) is 3.09. The molecule has 3 N–H and O–H groups in total. The van der Waals surface area contributed by atoms with Crippen molar-refractivity contribution < 1.29 is 0 Å². The maximum absolute atomic E-state index is 8.76. The molecule has 0 aromatic carbocycles. The van der Waals surface area contributed by atoms with E-state index in [1.54, 1.807) is 0 Å². The molecule has 102 valence electrons. The predicted molar refractivity (Wildman–Crippen MR) is 79.0 cm³/mol. The van der Waals surface area contributed by atoms with Gasteiger partial charge in [-0.05, 0) is 25.0 Å². The Morgan fingerprint density at radius 2 is 2.11 bits per heavy atom. The molecule has 1 aliphatic carbocycles. The van der Waals surface area contributed by atoms with Gasteiger partial charge in [-0.25, -0.2) is 4.99 Å². The second-order valence-corrected chi connectivity index (χ2v) is 6.08. The molecule has 2 rings (SSSR count). The summed E-state index contributed by atoms with van der Waals surface area (Å²) in [4.78, 5) is 6.15. The number of aliphatic imine (C=N–C) groups is 1. The molecule has 1 heterocycles. The average molecular weight is 276 g/mol. The maximum atomic E-state index is 8.76. The molecule has 0 radical (unpaired) electrons. The molecule has 5 heteroatoms. The number of nitrogens with two attached hydrogens (primary N) is 1. The summed E-state index contributed by atoms with van der Waals surface area (Å²) in [5, 5.41) is 12.1. The van der Waals surface area contributed by atoms with E-state index in [0.717, 1.165) is 9.75 Å². The zero-order valence-corrected chi connectivity index (χ0v) is 11.9. The fourth-order valence-electron chi connectivity index (χ4n) is 2.36. The quantitative estimate of drug-likeness (QED) is 0.506. The molecule has 0 atom stereocenters. The van der Waals surface area contributed by atoms with E-state index in [0.29, 0.717) is 18.5 Å². The summed E-state index contributed by atoms with van der Waals surface area (Å²) in [7, 11) is 0. The molecule has 4 nitrogen and oxygen atoms in total. The minimum absolute atomic E-state index is 0.476. The predicted octanol–water partition coefficient (Wildman–Crippen LogP) is 2.75. The highest BCUT2D eigenvalue weighted by atomic mass is 32.1. The molecule has 1 aromatic heterocycles. The highest BCUT2D eigenvalue weighted by molar-refractivity contribution is 7.12. The number of hydrogen-bond acceptors (Lipinski definition) is 3. The zero-order valence-electron chi connectivity index (χ0n) is 11.1. The van der Waals surface area contributed by atoms with Crippen molar-refractivity contribution in [2.75, 3.05) is 0 Å². The lowest BCUT2D eigenvalue weighted by Crippen LogP contribution is -2.39. The highest BCUT2D eigenvalue weighted by Gasteiger charge is 2.12. The van der Waals surface area contributed by atoms with Crippen LogP contribution in [0.2, 0.25) is 0 Å². The van der Waals surface area contributed by atoms with E-state index in [4.69, 9.17) is 11.0 Å². The second-order valence-electron chi connectivity index (χ2n) is 4.91. The van der Waals surface area contributed by atoms with Crippen LogP contribution in [-0.2, 0) is 6.54 Å². The first-order valence-corrected chi connectivity index (χ1v) is 7.65. The van der Waals surface area contributed by atoms with Gasteiger partial charge < -0.3 is 11.1 Å². The van der Waals surface area contributed by atoms with E-state index < -0.39 is 0 Å². The minimum atomic E-state index is 0.476. The smallest absolute Gasteiger partial charge is 0.189 e. The third kappa shape index (κ3) is 4.56. The number of guanidine groups is 1. The van der Waals surface area contributed by atoms with E-state index in [1.165, 1.54) is 49.9 Å². The topological polar surface area (TPSA) is 74.2 Å². The molecule has 0 saturated heterocycles. The van der Waals surface area contributed by atoms with Crippen molar-refractivity contribution in [3.63, 3.8) is 0 Å². The van der Waals surface area contributed by atoms with E-state index >= 15 is 0 Å². The summed E-state index contributed by atoms with van der Waals surface area (Å²) in [6.45, 7) is 0.553. The Morgan fingerprint density at radius 1 is 1.37 bits per heavy atom. The van der Waals surface area contributed by atoms with Crippen LogP contribution >= 0.6 is 11.3 Å². The second kappa shape index (κ2) is 7.15. The number of thiophene rings is 1. The zero-order chi connectivity index (χ0) is 13.5. The first-order valence-electron chi connectivity index (χ1n) is 6.83. The van der Waals surface area contributed by atoms with Crippen molar-refractivity contribution in [1.82, 2.24) is 5.32 Å². The molecule has 0 bridgehead atoms. The standard InChI is InChI=1S/C14H20N4S/c15-9-12-7-8-13(19-12)10-17-14(16)18-11-5-3-1-2-4-6-11/h7-8,11H,1-6,10H2,(H3,16,17,18). The van der Waals surface area contributed by atoms with Gasteiger partial charge in [0.25, 0.3) is 0 Å². The minimum Gasteiger partial charge on any atom is -0.370 e. The molecule has 1 aliphatic rings. The van der Waals surface area contributed by atoms with Crippen LogP contribution in [0.1, 0.15) is 48.3 Å². The fraction of sp³-hybridized carbons (Fsp3) is 0.571. The number of nitrogens with zero attached hydrogens (tertiary/aromatic N) is 2. The molecule has 0 unspecified atom stereocenters. The molecular formula is C14H20N4S. The highest BCUT2D eigenvalue weighted by Crippen LogP contribution is 2.18. The van der Waals surface area contributed by atoms with Gasteiger partial charge >= 0.3 is 0 Å². The molecule has 0 amide bonds. The van der Waals surface area contributed by atoms with Crippen molar-refractivity contribution in [2.45, 2.75) is 51.1 Å². The van der Waals surface area contributed by atoms with Gasteiger partial charge in [-0.3, -0.25) is 0 Å². The average Bonchev–Trinajstić information content (AvgIpc) is 2.73. The van der Waals surface area contributed by atoms with Gasteiger partial charge in [0.2, 0.25) is 0 Å². The number of hydrogen-bond donors (Lipinski definition) is 2. The molecule has 19 heavy (non-hydrogen) atoms. The molecule has 0 aliphatic heterocycles. The lowest BCUT2D eigenvalue weighted by molar-refractivity contribution is 0.530.